The summed E-state index contributed by atoms with van der Waals surface area (Å²) in [6.45, 7) is 4.20. The van der Waals surface area contributed by atoms with Crippen molar-refractivity contribution in [1.82, 2.24) is 9.80 Å². The number of hydrogen-bond donors (Lipinski definition) is 1. The number of nitrogens with zero attached hydrogens (tertiary/aromatic N) is 2. The molecule has 2 saturated heterocycles. The molecule has 0 radical (unpaired) electrons. The molecule has 1 unspecified atom stereocenters. The minimum absolute atomic E-state index is 0.0846. The molecule has 2 fully saturated rings. The number of carbonyl (C=O) groups is 2. The van der Waals surface area contributed by atoms with Crippen LogP contribution >= 0.6 is 11.8 Å². The van der Waals surface area contributed by atoms with Crippen LogP contribution in [-0.4, -0.2) is 63.6 Å². The Balaban J connectivity index is 1.99. The summed E-state index contributed by atoms with van der Waals surface area (Å²) in [5.41, 5.74) is 0. The van der Waals surface area contributed by atoms with E-state index in [1.165, 1.54) is 4.90 Å². The highest BCUT2D eigenvalue weighted by Gasteiger charge is 2.37. The van der Waals surface area contributed by atoms with Crippen molar-refractivity contribution in [3.63, 3.8) is 0 Å². The summed E-state index contributed by atoms with van der Waals surface area (Å²) in [7, 11) is 0. The van der Waals surface area contributed by atoms with E-state index < -0.39 is 12.0 Å². The molecule has 18 heavy (non-hydrogen) atoms. The number of hydrogen-bond acceptors (Lipinski definition) is 3. The van der Waals surface area contributed by atoms with E-state index in [1.807, 2.05) is 16.7 Å². The average molecular weight is 272 g/mol. The van der Waals surface area contributed by atoms with Gasteiger partial charge in [-0.1, -0.05) is 6.92 Å². The molecule has 1 N–H and O–H groups in total. The van der Waals surface area contributed by atoms with E-state index >= 15 is 0 Å². The van der Waals surface area contributed by atoms with Crippen LogP contribution < -0.4 is 0 Å². The number of carboxylic acids is 1. The number of urea groups is 1. The molecule has 0 aromatic heterocycles. The number of likely N-dealkylation sites (tertiary alicyclic amines) is 1. The molecule has 0 aromatic rings. The molecule has 0 aromatic carbocycles. The van der Waals surface area contributed by atoms with Crippen LogP contribution in [0.3, 0.4) is 0 Å². The van der Waals surface area contributed by atoms with Gasteiger partial charge in [-0.3, -0.25) is 0 Å². The smallest absolute Gasteiger partial charge is 0.326 e. The maximum atomic E-state index is 12.4. The molecule has 0 saturated carbocycles. The first-order chi connectivity index (χ1) is 8.63. The molecule has 5 nitrogen and oxygen atoms in total. The second-order valence-electron chi connectivity index (χ2n) is 4.82. The first-order valence-corrected chi connectivity index (χ1v) is 7.58. The van der Waals surface area contributed by atoms with E-state index in [0.717, 1.165) is 31.7 Å². The lowest BCUT2D eigenvalue weighted by atomic mass is 10.2. The number of carboxylic acid groups (broad SMARTS) is 1. The normalized spacial score (nSPS) is 28.5. The van der Waals surface area contributed by atoms with Gasteiger partial charge >= 0.3 is 12.0 Å². The molecule has 0 spiro atoms. The Bertz CT molecular complexity index is 337. The SMILES string of the molecule is CCC1CN(C(=O)N2CCC[C@H]2C(=O)O)CCS1. The molecular weight excluding hydrogens is 252 g/mol. The topological polar surface area (TPSA) is 60.9 Å². The van der Waals surface area contributed by atoms with Crippen LogP contribution in [0.15, 0.2) is 0 Å². The highest BCUT2D eigenvalue weighted by atomic mass is 32.2. The van der Waals surface area contributed by atoms with Crippen molar-refractivity contribution in [3.05, 3.63) is 0 Å². The van der Waals surface area contributed by atoms with Crippen molar-refractivity contribution in [2.45, 2.75) is 37.5 Å². The molecule has 2 atom stereocenters. The van der Waals surface area contributed by atoms with Gasteiger partial charge in [-0.15, -0.1) is 0 Å². The van der Waals surface area contributed by atoms with Crippen molar-refractivity contribution >= 4 is 23.8 Å². The minimum atomic E-state index is -0.876. The maximum absolute atomic E-state index is 12.4. The standard InChI is InChI=1S/C12H20N2O3S/c1-2-9-8-13(6-7-18-9)12(17)14-5-3-4-10(14)11(15)16/h9-10H,2-8H2,1H3,(H,15,16)/t9?,10-/m0/s1. The Morgan fingerprint density at radius 3 is 2.83 bits per heavy atom. The predicted octanol–water partition coefficient (Wildman–Crippen LogP) is 1.48. The van der Waals surface area contributed by atoms with Gasteiger partial charge < -0.3 is 14.9 Å². The summed E-state index contributed by atoms with van der Waals surface area (Å²) in [4.78, 5) is 26.8. The van der Waals surface area contributed by atoms with E-state index in [-0.39, 0.29) is 6.03 Å². The monoisotopic (exact) mass is 272 g/mol. The van der Waals surface area contributed by atoms with Gasteiger partial charge in [-0.05, 0) is 19.3 Å². The third-order valence-corrected chi connectivity index (χ3v) is 5.02. The summed E-state index contributed by atoms with van der Waals surface area (Å²) in [5, 5.41) is 9.61. The highest BCUT2D eigenvalue weighted by molar-refractivity contribution is 8.00. The fourth-order valence-electron chi connectivity index (χ4n) is 2.57. The van der Waals surface area contributed by atoms with Crippen LogP contribution in [-0.2, 0) is 4.79 Å². The summed E-state index contributed by atoms with van der Waals surface area (Å²) in [6, 6.07) is -0.703. The highest BCUT2D eigenvalue weighted by Crippen LogP contribution is 2.25. The first-order valence-electron chi connectivity index (χ1n) is 6.53. The van der Waals surface area contributed by atoms with Gasteiger partial charge in [-0.2, -0.15) is 11.8 Å². The van der Waals surface area contributed by atoms with Crippen LogP contribution in [0.5, 0.6) is 0 Å². The second kappa shape index (κ2) is 5.82. The van der Waals surface area contributed by atoms with Gasteiger partial charge in [0.25, 0.3) is 0 Å². The largest absolute Gasteiger partial charge is 0.480 e. The molecule has 6 heteroatoms. The summed E-state index contributed by atoms with van der Waals surface area (Å²) in [6.07, 6.45) is 2.43. The van der Waals surface area contributed by atoms with E-state index in [1.54, 1.807) is 0 Å². The fraction of sp³-hybridized carbons (Fsp3) is 0.833. The molecule has 2 rings (SSSR count). The third-order valence-electron chi connectivity index (χ3n) is 3.65. The van der Waals surface area contributed by atoms with Gasteiger partial charge in [0.2, 0.25) is 0 Å². The number of thioether (sulfide) groups is 1. The number of carbonyl (C=O) groups excluding carboxylic acids is 1. The quantitative estimate of drug-likeness (QED) is 0.827. The third kappa shape index (κ3) is 2.74. The Morgan fingerprint density at radius 1 is 1.39 bits per heavy atom. The summed E-state index contributed by atoms with van der Waals surface area (Å²) >= 11 is 1.91. The molecule has 102 valence electrons. The molecule has 2 aliphatic heterocycles. The van der Waals surface area contributed by atoms with Crippen molar-refractivity contribution < 1.29 is 14.7 Å². The van der Waals surface area contributed by atoms with Gasteiger partial charge in [0.15, 0.2) is 0 Å². The lowest BCUT2D eigenvalue weighted by molar-refractivity contribution is -0.141. The van der Waals surface area contributed by atoms with Crippen molar-refractivity contribution in [1.29, 1.82) is 0 Å². The molecular formula is C12H20N2O3S. The molecule has 2 aliphatic rings. The Kier molecular flexibility index (Phi) is 4.37. The van der Waals surface area contributed by atoms with Crippen LogP contribution in [0.2, 0.25) is 0 Å². The van der Waals surface area contributed by atoms with Gasteiger partial charge in [-0.25, -0.2) is 9.59 Å². The Labute approximate surface area is 112 Å². The lowest BCUT2D eigenvalue weighted by Crippen LogP contribution is -2.51. The van der Waals surface area contributed by atoms with Crippen LogP contribution in [0.1, 0.15) is 26.2 Å². The zero-order chi connectivity index (χ0) is 13.1. The van der Waals surface area contributed by atoms with Gasteiger partial charge in [0.1, 0.15) is 6.04 Å². The molecule has 0 bridgehead atoms. The Morgan fingerprint density at radius 2 is 2.17 bits per heavy atom. The van der Waals surface area contributed by atoms with E-state index in [9.17, 15) is 9.59 Å². The predicted molar refractivity (Wildman–Crippen MR) is 70.9 cm³/mol. The molecule has 0 aliphatic carbocycles. The van der Waals surface area contributed by atoms with Crippen molar-refractivity contribution in [3.8, 4) is 0 Å². The Hall–Kier alpha value is -0.910. The first kappa shape index (κ1) is 13.5. The van der Waals surface area contributed by atoms with Crippen LogP contribution in [0, 0.1) is 0 Å². The number of amides is 2. The number of aliphatic carboxylic acids is 1. The van der Waals surface area contributed by atoms with E-state index in [0.29, 0.717) is 18.2 Å². The number of rotatable bonds is 2. The van der Waals surface area contributed by atoms with Crippen LogP contribution in [0.4, 0.5) is 4.79 Å². The zero-order valence-electron chi connectivity index (χ0n) is 10.7. The fourth-order valence-corrected chi connectivity index (χ4v) is 3.75. The minimum Gasteiger partial charge on any atom is -0.480 e. The van der Waals surface area contributed by atoms with Crippen LogP contribution in [0.25, 0.3) is 0 Å². The van der Waals surface area contributed by atoms with Crippen molar-refractivity contribution in [2.24, 2.45) is 0 Å². The maximum Gasteiger partial charge on any atom is 0.326 e. The van der Waals surface area contributed by atoms with Crippen molar-refractivity contribution in [2.75, 3.05) is 25.4 Å². The van der Waals surface area contributed by atoms with Gasteiger partial charge in [0, 0.05) is 30.6 Å². The van der Waals surface area contributed by atoms with Gasteiger partial charge in [0.05, 0.1) is 0 Å². The molecule has 2 heterocycles. The summed E-state index contributed by atoms with van der Waals surface area (Å²) < 4.78 is 0. The second-order valence-corrected chi connectivity index (χ2v) is 6.23. The molecule has 2 amide bonds. The van der Waals surface area contributed by atoms with E-state index in [4.69, 9.17) is 5.11 Å². The van der Waals surface area contributed by atoms with E-state index in [2.05, 4.69) is 6.92 Å². The zero-order valence-corrected chi connectivity index (χ0v) is 11.5. The summed E-state index contributed by atoms with van der Waals surface area (Å²) in [5.74, 6) is 0.0785. The lowest BCUT2D eigenvalue weighted by Gasteiger charge is -2.35. The average Bonchev–Trinajstić information content (AvgIpc) is 2.87.